The molecule has 2 aromatic heterocycles. The SMILES string of the molecule is CN=C(NCc1c(C)nn(Cc2ccccc2)c1C)NCC(c1ccco1)N1CCCCC1.I. The lowest BCUT2D eigenvalue weighted by Crippen LogP contribution is -2.44. The van der Waals surface area contributed by atoms with E-state index in [0.717, 1.165) is 43.6 Å². The van der Waals surface area contributed by atoms with Crippen molar-refractivity contribution in [2.24, 2.45) is 4.99 Å². The quantitative estimate of drug-likeness (QED) is 0.232. The molecule has 184 valence electrons. The number of likely N-dealkylation sites (tertiary alicyclic amines) is 1. The van der Waals surface area contributed by atoms with E-state index in [1.54, 1.807) is 6.26 Å². The van der Waals surface area contributed by atoms with E-state index in [1.807, 2.05) is 19.2 Å². The summed E-state index contributed by atoms with van der Waals surface area (Å²) < 4.78 is 7.86. The van der Waals surface area contributed by atoms with Gasteiger partial charge in [0.15, 0.2) is 5.96 Å². The maximum atomic E-state index is 5.77. The lowest BCUT2D eigenvalue weighted by atomic mass is 10.1. The average Bonchev–Trinajstić information content (AvgIpc) is 3.46. The normalized spacial score (nSPS) is 15.6. The van der Waals surface area contributed by atoms with E-state index in [4.69, 9.17) is 9.52 Å². The van der Waals surface area contributed by atoms with Crippen LogP contribution in [0.3, 0.4) is 0 Å². The number of aliphatic imine (C=N–C) groups is 1. The van der Waals surface area contributed by atoms with Gasteiger partial charge in [0.05, 0.1) is 24.5 Å². The van der Waals surface area contributed by atoms with Crippen molar-refractivity contribution in [1.29, 1.82) is 0 Å². The Hall–Kier alpha value is -2.33. The van der Waals surface area contributed by atoms with Crippen LogP contribution in [0.25, 0.3) is 0 Å². The lowest BCUT2D eigenvalue weighted by molar-refractivity contribution is 0.146. The number of benzene rings is 1. The van der Waals surface area contributed by atoms with Gasteiger partial charge in [0.1, 0.15) is 5.76 Å². The Labute approximate surface area is 220 Å². The standard InChI is InChI=1S/C26H36N6O.HI/c1-20-23(21(2)32(30-20)19-22-11-6-4-7-12-22)17-28-26(27-3)29-18-24(25-13-10-16-33-25)31-14-8-5-9-15-31;/h4,6-7,10-13,16,24H,5,8-9,14-15,17-19H2,1-3H3,(H2,27,28,29);1H. The molecule has 1 saturated heterocycles. The number of rotatable bonds is 8. The van der Waals surface area contributed by atoms with Crippen molar-refractivity contribution < 1.29 is 4.42 Å². The highest BCUT2D eigenvalue weighted by atomic mass is 127. The van der Waals surface area contributed by atoms with Gasteiger partial charge in [-0.1, -0.05) is 36.8 Å². The topological polar surface area (TPSA) is 70.6 Å². The number of aromatic nitrogens is 2. The number of nitrogens with one attached hydrogen (secondary N) is 2. The number of furan rings is 1. The number of nitrogens with zero attached hydrogens (tertiary/aromatic N) is 4. The number of hydrogen-bond donors (Lipinski definition) is 2. The minimum absolute atomic E-state index is 0. The number of guanidine groups is 1. The zero-order chi connectivity index (χ0) is 23.0. The second-order valence-electron chi connectivity index (χ2n) is 8.73. The minimum Gasteiger partial charge on any atom is -0.468 e. The Morgan fingerprint density at radius 3 is 2.50 bits per heavy atom. The Morgan fingerprint density at radius 1 is 1.06 bits per heavy atom. The first-order chi connectivity index (χ1) is 16.2. The number of hydrogen-bond acceptors (Lipinski definition) is 4. The monoisotopic (exact) mass is 576 g/mol. The van der Waals surface area contributed by atoms with Gasteiger partial charge in [-0.2, -0.15) is 5.10 Å². The number of halogens is 1. The van der Waals surface area contributed by atoms with Crippen LogP contribution in [0.1, 0.15) is 53.6 Å². The molecular weight excluding hydrogens is 539 g/mol. The molecule has 1 atom stereocenters. The lowest BCUT2D eigenvalue weighted by Gasteiger charge is -2.33. The van der Waals surface area contributed by atoms with Crippen LogP contribution in [0.2, 0.25) is 0 Å². The summed E-state index contributed by atoms with van der Waals surface area (Å²) in [5.41, 5.74) is 4.70. The minimum atomic E-state index is 0. The van der Waals surface area contributed by atoms with Gasteiger partial charge in [0, 0.05) is 31.4 Å². The summed E-state index contributed by atoms with van der Waals surface area (Å²) in [6.45, 7) is 8.64. The summed E-state index contributed by atoms with van der Waals surface area (Å²) in [5.74, 6) is 1.80. The fourth-order valence-electron chi connectivity index (χ4n) is 4.61. The molecule has 1 fully saturated rings. The molecule has 1 unspecified atom stereocenters. The van der Waals surface area contributed by atoms with Crippen molar-refractivity contribution in [2.45, 2.75) is 52.2 Å². The summed E-state index contributed by atoms with van der Waals surface area (Å²) in [5, 5.41) is 11.8. The van der Waals surface area contributed by atoms with E-state index in [0.29, 0.717) is 6.54 Å². The molecule has 1 aliphatic heterocycles. The zero-order valence-electron chi connectivity index (χ0n) is 20.5. The first-order valence-corrected chi connectivity index (χ1v) is 11.9. The molecule has 0 saturated carbocycles. The van der Waals surface area contributed by atoms with Gasteiger partial charge >= 0.3 is 0 Å². The highest BCUT2D eigenvalue weighted by Gasteiger charge is 2.24. The van der Waals surface area contributed by atoms with Gasteiger partial charge in [-0.15, -0.1) is 24.0 Å². The van der Waals surface area contributed by atoms with E-state index >= 15 is 0 Å². The number of aryl methyl sites for hydroxylation is 1. The summed E-state index contributed by atoms with van der Waals surface area (Å²) in [7, 11) is 1.82. The van der Waals surface area contributed by atoms with Crippen LogP contribution in [0.5, 0.6) is 0 Å². The van der Waals surface area contributed by atoms with Gasteiger partial charge in [0.2, 0.25) is 0 Å². The third-order valence-electron chi connectivity index (χ3n) is 6.53. The van der Waals surface area contributed by atoms with Crippen LogP contribution in [-0.2, 0) is 13.1 Å². The smallest absolute Gasteiger partial charge is 0.191 e. The van der Waals surface area contributed by atoms with Crippen LogP contribution < -0.4 is 10.6 Å². The molecule has 7 nitrogen and oxygen atoms in total. The maximum absolute atomic E-state index is 5.77. The molecule has 0 bridgehead atoms. The molecule has 1 aliphatic rings. The van der Waals surface area contributed by atoms with E-state index in [2.05, 4.69) is 69.4 Å². The van der Waals surface area contributed by atoms with Crippen LogP contribution in [-0.4, -0.2) is 47.3 Å². The Kier molecular flexibility index (Phi) is 10.0. The van der Waals surface area contributed by atoms with Crippen LogP contribution >= 0.6 is 24.0 Å². The second kappa shape index (κ2) is 12.9. The van der Waals surface area contributed by atoms with E-state index in [9.17, 15) is 0 Å². The van der Waals surface area contributed by atoms with E-state index < -0.39 is 0 Å². The van der Waals surface area contributed by atoms with Gasteiger partial charge in [-0.05, 0) is 57.5 Å². The largest absolute Gasteiger partial charge is 0.468 e. The average molecular weight is 577 g/mol. The summed E-state index contributed by atoms with van der Waals surface area (Å²) >= 11 is 0. The fraction of sp³-hybridized carbons (Fsp3) is 0.462. The van der Waals surface area contributed by atoms with Crippen molar-refractivity contribution in [3.8, 4) is 0 Å². The molecule has 3 aromatic rings. The zero-order valence-corrected chi connectivity index (χ0v) is 22.8. The molecule has 1 aromatic carbocycles. The van der Waals surface area contributed by atoms with Gasteiger partial charge in [-0.25, -0.2) is 0 Å². The predicted molar refractivity (Wildman–Crippen MR) is 148 cm³/mol. The summed E-state index contributed by atoms with van der Waals surface area (Å²) in [6, 6.07) is 14.7. The fourth-order valence-corrected chi connectivity index (χ4v) is 4.61. The molecule has 0 radical (unpaired) electrons. The van der Waals surface area contributed by atoms with E-state index in [-0.39, 0.29) is 30.0 Å². The third kappa shape index (κ3) is 6.63. The van der Waals surface area contributed by atoms with Gasteiger partial charge in [-0.3, -0.25) is 14.6 Å². The molecule has 2 N–H and O–H groups in total. The van der Waals surface area contributed by atoms with Crippen LogP contribution in [0.4, 0.5) is 0 Å². The molecule has 0 amide bonds. The first-order valence-electron chi connectivity index (χ1n) is 11.9. The van der Waals surface area contributed by atoms with Crippen molar-refractivity contribution >= 4 is 29.9 Å². The molecular formula is C26H37IN6O. The Balaban J connectivity index is 0.00000324. The third-order valence-corrected chi connectivity index (χ3v) is 6.53. The molecule has 4 rings (SSSR count). The van der Waals surface area contributed by atoms with Crippen molar-refractivity contribution in [3.63, 3.8) is 0 Å². The second-order valence-corrected chi connectivity index (χ2v) is 8.73. The highest BCUT2D eigenvalue weighted by Crippen LogP contribution is 2.24. The molecule has 0 aliphatic carbocycles. The van der Waals surface area contributed by atoms with Crippen molar-refractivity contribution in [1.82, 2.24) is 25.3 Å². The molecule has 8 heteroatoms. The summed E-state index contributed by atoms with van der Waals surface area (Å²) in [6.07, 6.45) is 5.57. The first kappa shape index (κ1) is 26.3. The van der Waals surface area contributed by atoms with Crippen molar-refractivity contribution in [2.75, 3.05) is 26.7 Å². The Morgan fingerprint density at radius 2 is 1.82 bits per heavy atom. The summed E-state index contributed by atoms with van der Waals surface area (Å²) in [4.78, 5) is 6.97. The molecule has 3 heterocycles. The van der Waals surface area contributed by atoms with Crippen LogP contribution in [0.15, 0.2) is 58.1 Å². The predicted octanol–water partition coefficient (Wildman–Crippen LogP) is 4.65. The van der Waals surface area contributed by atoms with Crippen molar-refractivity contribution in [3.05, 3.63) is 77.0 Å². The number of piperidine rings is 1. The van der Waals surface area contributed by atoms with Gasteiger partial charge < -0.3 is 15.1 Å². The molecule has 0 spiro atoms. The molecule has 34 heavy (non-hydrogen) atoms. The maximum Gasteiger partial charge on any atom is 0.191 e. The van der Waals surface area contributed by atoms with Crippen LogP contribution in [0, 0.1) is 13.8 Å². The Bertz CT molecular complexity index is 1030. The van der Waals surface area contributed by atoms with E-state index in [1.165, 1.54) is 36.1 Å². The highest BCUT2D eigenvalue weighted by molar-refractivity contribution is 14.0. The van der Waals surface area contributed by atoms with Gasteiger partial charge in [0.25, 0.3) is 0 Å².